The number of para-hydroxylation sites is 1. The molecule has 0 atom stereocenters. The van der Waals surface area contributed by atoms with Gasteiger partial charge < -0.3 is 9.15 Å². The first-order chi connectivity index (χ1) is 9.42. The predicted octanol–water partition coefficient (Wildman–Crippen LogP) is 3.55. The monoisotopic (exact) mass is 443 g/mol. The van der Waals surface area contributed by atoms with Gasteiger partial charge in [0, 0.05) is 26.7 Å². The van der Waals surface area contributed by atoms with E-state index in [9.17, 15) is 0 Å². The summed E-state index contributed by atoms with van der Waals surface area (Å²) in [6.07, 6.45) is 0.983. The van der Waals surface area contributed by atoms with Crippen LogP contribution in [0.1, 0.15) is 12.0 Å². The van der Waals surface area contributed by atoms with E-state index in [2.05, 4.69) is 17.1 Å². The van der Waals surface area contributed by atoms with Crippen LogP contribution < -0.4 is 0 Å². The summed E-state index contributed by atoms with van der Waals surface area (Å²) in [7, 11) is 0. The summed E-state index contributed by atoms with van der Waals surface area (Å²) in [5.74, 6) is 0.675. The van der Waals surface area contributed by atoms with Crippen molar-refractivity contribution >= 4 is 27.8 Å². The van der Waals surface area contributed by atoms with Gasteiger partial charge in [0.1, 0.15) is 11.5 Å². The third kappa shape index (κ3) is 2.15. The van der Waals surface area contributed by atoms with Crippen molar-refractivity contribution in [2.24, 2.45) is 4.99 Å². The molecule has 0 unspecified atom stereocenters. The van der Waals surface area contributed by atoms with Gasteiger partial charge in [0.2, 0.25) is 0 Å². The normalized spacial score (nSPS) is 14.7. The number of fused-ring (bicyclic) bond motifs is 3. The molecule has 2 aromatic carbocycles. The van der Waals surface area contributed by atoms with Crippen molar-refractivity contribution in [3.8, 4) is 0 Å². The molecular formula is C16H12IrNO2-. The van der Waals surface area contributed by atoms with Gasteiger partial charge in [-0.25, -0.2) is 0 Å². The van der Waals surface area contributed by atoms with Crippen molar-refractivity contribution in [2.45, 2.75) is 6.42 Å². The number of furan rings is 1. The molecule has 2 heterocycles. The van der Waals surface area contributed by atoms with Crippen LogP contribution in [-0.2, 0) is 24.8 Å². The van der Waals surface area contributed by atoms with Crippen LogP contribution in [0.2, 0.25) is 0 Å². The van der Waals surface area contributed by atoms with Gasteiger partial charge in [-0.2, -0.15) is 0 Å². The first kappa shape index (κ1) is 13.3. The fourth-order valence-electron chi connectivity index (χ4n) is 2.41. The van der Waals surface area contributed by atoms with Crippen molar-refractivity contribution in [3.63, 3.8) is 0 Å². The van der Waals surface area contributed by atoms with Gasteiger partial charge in [-0.1, -0.05) is 35.2 Å². The van der Waals surface area contributed by atoms with Crippen LogP contribution >= 0.6 is 0 Å². The molecule has 1 radical (unpaired) electrons. The van der Waals surface area contributed by atoms with Crippen molar-refractivity contribution in [3.05, 3.63) is 48.0 Å². The van der Waals surface area contributed by atoms with Gasteiger partial charge in [0.05, 0.1) is 12.2 Å². The fourth-order valence-corrected chi connectivity index (χ4v) is 2.41. The van der Waals surface area contributed by atoms with Crippen molar-refractivity contribution in [2.75, 3.05) is 13.2 Å². The van der Waals surface area contributed by atoms with Gasteiger partial charge in [-0.05, 0) is 17.9 Å². The summed E-state index contributed by atoms with van der Waals surface area (Å²) in [5, 5.41) is 2.20. The summed E-state index contributed by atoms with van der Waals surface area (Å²) in [6.45, 7) is 1.55. The summed E-state index contributed by atoms with van der Waals surface area (Å²) < 4.78 is 11.4. The molecule has 1 aliphatic rings. The molecule has 1 aromatic heterocycles. The van der Waals surface area contributed by atoms with Crippen LogP contribution in [0.5, 0.6) is 0 Å². The SMILES string of the molecule is [Ir].[c-]1cc2c(cc1C1=NCCCO1)oc1ccccc12. The van der Waals surface area contributed by atoms with Gasteiger partial charge >= 0.3 is 0 Å². The maximum atomic E-state index is 5.85. The maximum absolute atomic E-state index is 5.85. The first-order valence-electron chi connectivity index (χ1n) is 6.42. The predicted molar refractivity (Wildman–Crippen MR) is 74.5 cm³/mol. The van der Waals surface area contributed by atoms with E-state index in [1.54, 1.807) is 0 Å². The van der Waals surface area contributed by atoms with E-state index in [0.29, 0.717) is 5.90 Å². The molecule has 3 aromatic rings. The molecule has 0 N–H and O–H groups in total. The second kappa shape index (κ2) is 5.39. The number of hydrogen-bond donors (Lipinski definition) is 0. The summed E-state index contributed by atoms with van der Waals surface area (Å²) in [6, 6.07) is 15.2. The molecule has 3 nitrogen and oxygen atoms in total. The Balaban J connectivity index is 0.00000121. The van der Waals surface area contributed by atoms with Gasteiger partial charge in [0.15, 0.2) is 0 Å². The first-order valence-corrected chi connectivity index (χ1v) is 6.42. The Kier molecular flexibility index (Phi) is 3.60. The van der Waals surface area contributed by atoms with Crippen LogP contribution in [-0.4, -0.2) is 19.0 Å². The number of hydrogen-bond acceptors (Lipinski definition) is 3. The van der Waals surface area contributed by atoms with E-state index in [1.165, 1.54) is 0 Å². The number of nitrogens with zero attached hydrogens (tertiary/aromatic N) is 1. The van der Waals surface area contributed by atoms with Gasteiger partial charge in [-0.3, -0.25) is 4.99 Å². The number of rotatable bonds is 1. The number of aliphatic imine (C=N–C) groups is 1. The molecule has 103 valence electrons. The fraction of sp³-hybridized carbons (Fsp3) is 0.188. The molecule has 0 saturated carbocycles. The smallest absolute Gasteiger partial charge is 0.129 e. The average molecular weight is 442 g/mol. The van der Waals surface area contributed by atoms with Gasteiger partial charge in [0.25, 0.3) is 0 Å². The molecule has 4 heteroatoms. The zero-order chi connectivity index (χ0) is 12.7. The van der Waals surface area contributed by atoms with E-state index in [1.807, 2.05) is 30.3 Å². The Hall–Kier alpha value is -1.64. The minimum atomic E-state index is 0. The molecule has 20 heavy (non-hydrogen) atoms. The zero-order valence-corrected chi connectivity index (χ0v) is 13.1. The van der Waals surface area contributed by atoms with E-state index in [-0.39, 0.29) is 20.1 Å². The zero-order valence-electron chi connectivity index (χ0n) is 10.7. The Bertz CT molecular complexity index is 791. The molecule has 0 fully saturated rings. The van der Waals surface area contributed by atoms with E-state index >= 15 is 0 Å². The van der Waals surface area contributed by atoms with Crippen LogP contribution in [0.3, 0.4) is 0 Å². The summed E-state index contributed by atoms with van der Waals surface area (Å²) >= 11 is 0. The molecule has 0 bridgehead atoms. The second-order valence-electron chi connectivity index (χ2n) is 4.61. The Morgan fingerprint density at radius 2 is 2.00 bits per heavy atom. The van der Waals surface area contributed by atoms with Crippen LogP contribution in [0.25, 0.3) is 21.9 Å². The minimum Gasteiger partial charge on any atom is -0.520 e. The van der Waals surface area contributed by atoms with Crippen molar-refractivity contribution in [1.82, 2.24) is 0 Å². The largest absolute Gasteiger partial charge is 0.520 e. The minimum absolute atomic E-state index is 0. The van der Waals surface area contributed by atoms with Crippen LogP contribution in [0, 0.1) is 6.07 Å². The average Bonchev–Trinajstić information content (AvgIpc) is 2.86. The Morgan fingerprint density at radius 3 is 2.85 bits per heavy atom. The van der Waals surface area contributed by atoms with Crippen molar-refractivity contribution < 1.29 is 29.3 Å². The Morgan fingerprint density at radius 1 is 1.10 bits per heavy atom. The molecule has 4 rings (SSSR count). The summed E-state index contributed by atoms with van der Waals surface area (Å²) in [5.41, 5.74) is 2.62. The van der Waals surface area contributed by atoms with Crippen LogP contribution in [0.4, 0.5) is 0 Å². The third-order valence-corrected chi connectivity index (χ3v) is 3.34. The Labute approximate surface area is 130 Å². The summed E-state index contributed by atoms with van der Waals surface area (Å²) in [4.78, 5) is 4.38. The molecule has 0 amide bonds. The second-order valence-corrected chi connectivity index (χ2v) is 4.61. The molecule has 0 aliphatic carbocycles. The van der Waals surface area contributed by atoms with E-state index in [4.69, 9.17) is 9.15 Å². The van der Waals surface area contributed by atoms with Gasteiger partial charge in [-0.15, -0.1) is 12.1 Å². The number of ether oxygens (including phenoxy) is 1. The topological polar surface area (TPSA) is 34.7 Å². The third-order valence-electron chi connectivity index (χ3n) is 3.34. The van der Waals surface area contributed by atoms with E-state index < -0.39 is 0 Å². The molecule has 0 spiro atoms. The van der Waals surface area contributed by atoms with Crippen LogP contribution in [0.15, 0.2) is 45.8 Å². The van der Waals surface area contributed by atoms with Crippen molar-refractivity contribution in [1.29, 1.82) is 0 Å². The molecular weight excluding hydrogens is 430 g/mol. The quantitative estimate of drug-likeness (QED) is 0.541. The maximum Gasteiger partial charge on any atom is 0.129 e. The standard InChI is InChI=1S/C16H12NO2.Ir/c1-2-5-14-12(4-1)13-7-6-11(10-15(13)19-14)16-17-8-3-9-18-16;/h1-2,4-5,7,10H,3,8-9H2;/q-1;. The van der Waals surface area contributed by atoms with E-state index in [0.717, 1.165) is 47.1 Å². The number of benzene rings is 2. The molecule has 1 aliphatic heterocycles. The molecule has 0 saturated heterocycles.